The molecule has 1 aromatic heterocycles. The average Bonchev–Trinajstić information content (AvgIpc) is 2.48. The van der Waals surface area contributed by atoms with E-state index in [9.17, 15) is 13.7 Å². The maximum atomic E-state index is 13.1. The number of anilines is 3. The van der Waals surface area contributed by atoms with Crippen LogP contribution in [-0.4, -0.2) is 31.4 Å². The minimum Gasteiger partial charge on any atom is -0.506 e. The molecule has 0 amide bonds. The molecule has 0 saturated heterocycles. The molecule has 3 rings (SSSR count). The van der Waals surface area contributed by atoms with Crippen molar-refractivity contribution in [3.63, 3.8) is 0 Å². The van der Waals surface area contributed by atoms with Crippen LogP contribution in [0.15, 0.2) is 36.7 Å². The lowest BCUT2D eigenvalue weighted by molar-refractivity contribution is 0.471. The number of phenols is 1. The van der Waals surface area contributed by atoms with Crippen LogP contribution in [0.3, 0.4) is 0 Å². The van der Waals surface area contributed by atoms with Gasteiger partial charge >= 0.3 is 0 Å². The highest BCUT2D eigenvalue weighted by atomic mass is 32.2. The number of nitrogens with one attached hydrogen (secondary N) is 2. The Morgan fingerprint density at radius 1 is 1.24 bits per heavy atom. The third-order valence-corrected chi connectivity index (χ3v) is 4.15. The van der Waals surface area contributed by atoms with Crippen LogP contribution < -0.4 is 10.0 Å². The topological polar surface area (TPSA) is 87.1 Å². The van der Waals surface area contributed by atoms with Crippen molar-refractivity contribution in [1.29, 1.82) is 0 Å². The minimum absolute atomic E-state index is 0.217. The monoisotopic (exact) mass is 360 g/mol. The summed E-state index contributed by atoms with van der Waals surface area (Å²) in [5.74, 6) is 3.31. The van der Waals surface area contributed by atoms with E-state index >= 15 is 0 Å². The summed E-state index contributed by atoms with van der Waals surface area (Å²) in [6.07, 6.45) is 2.89. The van der Waals surface area contributed by atoms with Crippen LogP contribution in [0.4, 0.5) is 21.6 Å². The Morgan fingerprint density at radius 2 is 2.00 bits per heavy atom. The van der Waals surface area contributed by atoms with Crippen molar-refractivity contribution >= 4 is 43.7 Å². The summed E-state index contributed by atoms with van der Waals surface area (Å²) in [5.41, 5.74) is 2.44. The number of halogens is 1. The molecule has 1 unspecified atom stereocenters. The van der Waals surface area contributed by atoms with Gasteiger partial charge in [0.2, 0.25) is 0 Å². The van der Waals surface area contributed by atoms with Crippen molar-refractivity contribution in [2.45, 2.75) is 6.92 Å². The zero-order valence-corrected chi connectivity index (χ0v) is 14.5. The summed E-state index contributed by atoms with van der Waals surface area (Å²) in [6, 6.07) is 7.25. The number of hydrogen-bond donors (Lipinski definition) is 3. The number of phenolic OH excluding ortho intramolecular Hbond substituents is 1. The summed E-state index contributed by atoms with van der Waals surface area (Å²) >= 11 is 0. The summed E-state index contributed by atoms with van der Waals surface area (Å²) in [4.78, 5) is 8.46. The number of nitrogens with zero attached hydrogens (tertiary/aromatic N) is 2. The van der Waals surface area contributed by atoms with Gasteiger partial charge < -0.3 is 15.1 Å². The fraction of sp³-hybridized carbons (Fsp3) is 0.118. The van der Waals surface area contributed by atoms with Crippen LogP contribution in [0.1, 0.15) is 5.56 Å². The maximum Gasteiger partial charge on any atom is 0.142 e. The predicted molar refractivity (Wildman–Crippen MR) is 100 cm³/mol. The van der Waals surface area contributed by atoms with Crippen LogP contribution in [0.5, 0.6) is 5.75 Å². The van der Waals surface area contributed by atoms with E-state index in [1.807, 2.05) is 13.0 Å². The Kier molecular flexibility index (Phi) is 4.22. The normalized spacial score (nSPS) is 13.4. The molecule has 2 aromatic carbocycles. The zero-order chi connectivity index (χ0) is 18.2. The molecule has 25 heavy (non-hydrogen) atoms. The van der Waals surface area contributed by atoms with Gasteiger partial charge in [-0.25, -0.2) is 18.6 Å². The molecule has 0 aliphatic carbocycles. The van der Waals surface area contributed by atoms with E-state index < -0.39 is 15.5 Å². The molecule has 0 bridgehead atoms. The number of rotatable bonds is 4. The number of aromatic hydroxyl groups is 1. The molecule has 0 fully saturated rings. The van der Waals surface area contributed by atoms with Crippen molar-refractivity contribution < 1.29 is 13.7 Å². The van der Waals surface area contributed by atoms with Gasteiger partial charge in [0.1, 0.15) is 23.7 Å². The molecule has 0 saturated carbocycles. The molecular weight excluding hydrogens is 343 g/mol. The van der Waals surface area contributed by atoms with Gasteiger partial charge in [-0.3, -0.25) is 0 Å². The van der Waals surface area contributed by atoms with Gasteiger partial charge in [-0.05, 0) is 42.6 Å². The van der Waals surface area contributed by atoms with Crippen molar-refractivity contribution in [2.24, 2.45) is 0 Å². The molecule has 1 heterocycles. The summed E-state index contributed by atoms with van der Waals surface area (Å²) in [7, 11) is -2.41. The third kappa shape index (κ3) is 3.80. The van der Waals surface area contributed by atoms with Crippen LogP contribution in [0, 0.1) is 12.7 Å². The van der Waals surface area contributed by atoms with Crippen LogP contribution in [0.2, 0.25) is 0 Å². The summed E-state index contributed by atoms with van der Waals surface area (Å²) in [6.45, 7) is 1.87. The lowest BCUT2D eigenvalue weighted by Crippen LogP contribution is -2.09. The second-order valence-electron chi connectivity index (χ2n) is 5.80. The van der Waals surface area contributed by atoms with Gasteiger partial charge in [0.15, 0.2) is 0 Å². The molecule has 0 aliphatic rings. The quantitative estimate of drug-likeness (QED) is 0.491. The van der Waals surface area contributed by atoms with Crippen molar-refractivity contribution in [2.75, 3.05) is 16.3 Å². The summed E-state index contributed by atoms with van der Waals surface area (Å²) < 4.78 is 27.8. The van der Waals surface area contributed by atoms with Gasteiger partial charge in [0.25, 0.3) is 0 Å². The second kappa shape index (κ2) is 6.21. The van der Waals surface area contributed by atoms with Gasteiger partial charge in [-0.1, -0.05) is 0 Å². The van der Waals surface area contributed by atoms with E-state index in [4.69, 9.17) is 0 Å². The van der Waals surface area contributed by atoms with Gasteiger partial charge in [-0.15, -0.1) is 0 Å². The highest BCUT2D eigenvalue weighted by Crippen LogP contribution is 2.32. The van der Waals surface area contributed by atoms with E-state index in [-0.39, 0.29) is 5.75 Å². The Hall–Kier alpha value is -2.87. The van der Waals surface area contributed by atoms with E-state index in [0.29, 0.717) is 22.7 Å². The largest absolute Gasteiger partial charge is 0.506 e. The lowest BCUT2D eigenvalue weighted by atomic mass is 10.1. The number of benzene rings is 2. The molecule has 3 N–H and O–H groups in total. The first kappa shape index (κ1) is 17.0. The Balaban J connectivity index is 2.07. The standard InChI is InChI=1S/C17H17FN4O2S/c1-10-6-12(22-25(2,3)24)8-14-16(10)17(20-9-19-14)21-13-5-4-11(18)7-15(13)23/h4-9,23H,2H2,1,3H3,(H,22,24)(H,19,20,21). The molecule has 0 aliphatic heterocycles. The first-order valence-electron chi connectivity index (χ1n) is 7.34. The van der Waals surface area contributed by atoms with Crippen LogP contribution >= 0.6 is 0 Å². The highest BCUT2D eigenvalue weighted by Gasteiger charge is 2.11. The lowest BCUT2D eigenvalue weighted by Gasteiger charge is -2.14. The molecule has 8 heteroatoms. The Bertz CT molecular complexity index is 1070. The zero-order valence-electron chi connectivity index (χ0n) is 13.7. The highest BCUT2D eigenvalue weighted by molar-refractivity contribution is 8.00. The first-order valence-corrected chi connectivity index (χ1v) is 9.47. The van der Waals surface area contributed by atoms with Crippen molar-refractivity contribution in [1.82, 2.24) is 9.97 Å². The van der Waals surface area contributed by atoms with Gasteiger partial charge in [0.05, 0.1) is 11.2 Å². The fourth-order valence-corrected chi connectivity index (χ4v) is 3.15. The molecule has 1 atom stereocenters. The minimum atomic E-state index is -2.41. The van der Waals surface area contributed by atoms with Crippen molar-refractivity contribution in [3.05, 3.63) is 48.0 Å². The van der Waals surface area contributed by atoms with E-state index in [0.717, 1.165) is 17.0 Å². The smallest absolute Gasteiger partial charge is 0.142 e. The maximum absolute atomic E-state index is 13.1. The number of hydrogen-bond acceptors (Lipinski definition) is 5. The number of aryl methyl sites for hydroxylation is 1. The molecule has 3 aromatic rings. The molecule has 6 nitrogen and oxygen atoms in total. The Labute approximate surface area is 144 Å². The fourth-order valence-electron chi connectivity index (χ4n) is 2.53. The number of aromatic nitrogens is 2. The number of fused-ring (bicyclic) bond motifs is 1. The van der Waals surface area contributed by atoms with Gasteiger partial charge in [-0.2, -0.15) is 0 Å². The first-order chi connectivity index (χ1) is 11.7. The summed E-state index contributed by atoms with van der Waals surface area (Å²) in [5, 5.41) is 13.6. The SMILES string of the molecule is C=S(C)(=O)Nc1cc(C)c2c(Nc3ccc(F)cc3O)ncnc2c1. The van der Waals surface area contributed by atoms with E-state index in [1.165, 1.54) is 24.7 Å². The van der Waals surface area contributed by atoms with Crippen LogP contribution in [0.25, 0.3) is 10.9 Å². The van der Waals surface area contributed by atoms with E-state index in [2.05, 4.69) is 25.9 Å². The second-order valence-corrected chi connectivity index (χ2v) is 8.02. The predicted octanol–water partition coefficient (Wildman–Crippen LogP) is 3.20. The van der Waals surface area contributed by atoms with E-state index in [1.54, 1.807) is 6.07 Å². The Morgan fingerprint density at radius 3 is 2.68 bits per heavy atom. The molecule has 0 radical (unpaired) electrons. The average molecular weight is 360 g/mol. The van der Waals surface area contributed by atoms with Crippen LogP contribution in [-0.2, 0) is 9.71 Å². The van der Waals surface area contributed by atoms with Crippen molar-refractivity contribution in [3.8, 4) is 5.75 Å². The molecule has 0 spiro atoms. The third-order valence-electron chi connectivity index (χ3n) is 3.48. The van der Waals surface area contributed by atoms with Gasteiger partial charge in [0, 0.05) is 33.1 Å². The molecular formula is C17H17FN4O2S. The molecule has 130 valence electrons.